The first-order valence-corrected chi connectivity index (χ1v) is 6.36. The molecule has 0 rings (SSSR count). The zero-order valence-electron chi connectivity index (χ0n) is 4.12. The molecule has 0 amide bonds. The average molecular weight is 158 g/mol. The normalized spacial score (nSPS) is 7.20. The SMILES string of the molecule is C[Se](C)C.P. The van der Waals surface area contributed by atoms with Gasteiger partial charge >= 0.3 is 31.4 Å². The fourth-order valence-electron chi connectivity index (χ4n) is 0. The van der Waals surface area contributed by atoms with Crippen molar-refractivity contribution in [2.45, 2.75) is 17.5 Å². The first-order chi connectivity index (χ1) is 1.73. The van der Waals surface area contributed by atoms with E-state index in [0.29, 0.717) is 0 Å². The molecule has 0 saturated carbocycles. The summed E-state index contributed by atoms with van der Waals surface area (Å²) in [5, 5.41) is 0. The van der Waals surface area contributed by atoms with Gasteiger partial charge in [0.05, 0.1) is 0 Å². The van der Waals surface area contributed by atoms with Gasteiger partial charge in [0.2, 0.25) is 0 Å². The Kier molecular flexibility index (Phi) is 9.25. The Balaban J connectivity index is 0. The molecule has 0 heterocycles. The van der Waals surface area contributed by atoms with Crippen LogP contribution in [0, 0.1) is 0 Å². The van der Waals surface area contributed by atoms with Crippen molar-refractivity contribution in [1.29, 1.82) is 0 Å². The number of hydrogen-bond donors (Lipinski definition) is 0. The fourth-order valence-corrected chi connectivity index (χ4v) is 0. The van der Waals surface area contributed by atoms with Gasteiger partial charge in [0.15, 0.2) is 0 Å². The molecule has 0 spiro atoms. The standard InChI is InChI=1S/C3H9Se.H3P/c1-4(2)3;/h1-3H3;1H3. The third-order valence-corrected chi connectivity index (χ3v) is 0. The Morgan fingerprint density at radius 2 is 1.00 bits per heavy atom. The van der Waals surface area contributed by atoms with Crippen LogP contribution in [-0.4, -0.2) is 13.9 Å². The molecule has 0 aromatic rings. The predicted molar refractivity (Wildman–Crippen MR) is 34.5 cm³/mol. The molecule has 0 N–H and O–H groups in total. The van der Waals surface area contributed by atoms with Crippen molar-refractivity contribution in [2.24, 2.45) is 0 Å². The molecule has 0 aliphatic rings. The molecule has 2 heteroatoms. The molecular formula is C3H12PSe. The third kappa shape index (κ3) is 47.8. The zero-order chi connectivity index (χ0) is 3.58. The number of rotatable bonds is 0. The second-order valence-corrected chi connectivity index (χ2v) is 6.36. The van der Waals surface area contributed by atoms with Gasteiger partial charge in [0.25, 0.3) is 0 Å². The van der Waals surface area contributed by atoms with E-state index in [4.69, 9.17) is 0 Å². The summed E-state index contributed by atoms with van der Waals surface area (Å²) in [6, 6.07) is 0. The van der Waals surface area contributed by atoms with Gasteiger partial charge in [0, 0.05) is 0 Å². The molecule has 0 aromatic carbocycles. The van der Waals surface area contributed by atoms with Gasteiger partial charge in [0.1, 0.15) is 0 Å². The summed E-state index contributed by atoms with van der Waals surface area (Å²) in [5.74, 6) is 6.88. The van der Waals surface area contributed by atoms with Crippen molar-refractivity contribution >= 4 is 23.8 Å². The molecule has 0 aromatic heterocycles. The van der Waals surface area contributed by atoms with E-state index in [9.17, 15) is 0 Å². The Bertz CT molecular complexity index is 11.6. The molecule has 5 heavy (non-hydrogen) atoms. The quantitative estimate of drug-likeness (QED) is 0.369. The second kappa shape index (κ2) is 4.95. The largest absolute Gasteiger partial charge is 0.153 e. The van der Waals surface area contributed by atoms with Crippen LogP contribution in [-0.2, 0) is 0 Å². The monoisotopic (exact) mass is 159 g/mol. The van der Waals surface area contributed by atoms with E-state index in [2.05, 4.69) is 17.5 Å². The average Bonchev–Trinajstić information content (AvgIpc) is 0.811. The van der Waals surface area contributed by atoms with Crippen LogP contribution in [0.4, 0.5) is 0 Å². The molecule has 0 bridgehead atoms. The van der Waals surface area contributed by atoms with Crippen LogP contribution in [0.1, 0.15) is 0 Å². The van der Waals surface area contributed by atoms with E-state index >= 15 is 0 Å². The molecule has 0 aliphatic carbocycles. The Morgan fingerprint density at radius 1 is 1.00 bits per heavy atom. The number of hydrogen-bond acceptors (Lipinski definition) is 0. The summed E-state index contributed by atoms with van der Waals surface area (Å²) in [6.45, 7) is 0. The minimum Gasteiger partial charge on any atom is -0.153 e. The summed E-state index contributed by atoms with van der Waals surface area (Å²) in [4.78, 5) is 0. The van der Waals surface area contributed by atoms with E-state index in [1.165, 1.54) is 0 Å². The summed E-state index contributed by atoms with van der Waals surface area (Å²) in [7, 11) is 0. The van der Waals surface area contributed by atoms with E-state index in [-0.39, 0.29) is 23.8 Å². The van der Waals surface area contributed by atoms with E-state index < -0.39 is 0 Å². The summed E-state index contributed by atoms with van der Waals surface area (Å²) in [6.07, 6.45) is 0. The van der Waals surface area contributed by atoms with Crippen molar-refractivity contribution in [1.82, 2.24) is 0 Å². The van der Waals surface area contributed by atoms with Gasteiger partial charge in [-0.05, 0) is 0 Å². The molecular weight excluding hydrogens is 146 g/mol. The summed E-state index contributed by atoms with van der Waals surface area (Å²) >= 11 is -0.0417. The van der Waals surface area contributed by atoms with Crippen molar-refractivity contribution in [3.05, 3.63) is 0 Å². The molecule has 0 nitrogen and oxygen atoms in total. The predicted octanol–water partition coefficient (Wildman–Crippen LogP) is 1.43. The van der Waals surface area contributed by atoms with Gasteiger partial charge < -0.3 is 0 Å². The van der Waals surface area contributed by atoms with E-state index in [1.54, 1.807) is 0 Å². The van der Waals surface area contributed by atoms with Gasteiger partial charge in [-0.25, -0.2) is 0 Å². The Hall–Kier alpha value is 0.949. The van der Waals surface area contributed by atoms with Crippen LogP contribution in [0.15, 0.2) is 0 Å². The Morgan fingerprint density at radius 3 is 1.00 bits per heavy atom. The second-order valence-electron chi connectivity index (χ2n) is 1.22. The minimum absolute atomic E-state index is 0. The summed E-state index contributed by atoms with van der Waals surface area (Å²) < 4.78 is 0. The molecule has 0 fully saturated rings. The van der Waals surface area contributed by atoms with Crippen LogP contribution in [0.25, 0.3) is 0 Å². The maximum Gasteiger partial charge on any atom is -0.153 e. The molecule has 35 valence electrons. The molecule has 1 atom stereocenters. The third-order valence-electron chi connectivity index (χ3n) is 0. The van der Waals surface area contributed by atoms with E-state index in [0.717, 1.165) is 0 Å². The fraction of sp³-hybridized carbons (Fsp3) is 1.00. The van der Waals surface area contributed by atoms with Crippen molar-refractivity contribution < 1.29 is 0 Å². The van der Waals surface area contributed by atoms with Gasteiger partial charge in [-0.1, -0.05) is 0 Å². The van der Waals surface area contributed by atoms with Crippen molar-refractivity contribution in [3.63, 3.8) is 0 Å². The van der Waals surface area contributed by atoms with Gasteiger partial charge in [-0.15, -0.1) is 0 Å². The van der Waals surface area contributed by atoms with Crippen LogP contribution in [0.3, 0.4) is 0 Å². The van der Waals surface area contributed by atoms with Crippen molar-refractivity contribution in [2.75, 3.05) is 0 Å². The topological polar surface area (TPSA) is 0 Å². The molecule has 1 radical (unpaired) electrons. The molecule has 1 unspecified atom stereocenters. The first-order valence-electron chi connectivity index (χ1n) is 1.22. The van der Waals surface area contributed by atoms with Gasteiger partial charge in [-0.3, -0.25) is 0 Å². The molecule has 0 aliphatic heterocycles. The minimum atomic E-state index is -0.0417. The van der Waals surface area contributed by atoms with Gasteiger partial charge in [-0.2, -0.15) is 9.90 Å². The van der Waals surface area contributed by atoms with Crippen LogP contribution < -0.4 is 0 Å². The van der Waals surface area contributed by atoms with E-state index in [1.807, 2.05) is 0 Å². The summed E-state index contributed by atoms with van der Waals surface area (Å²) in [5.41, 5.74) is 0. The molecule has 0 saturated heterocycles. The maximum atomic E-state index is 2.29. The zero-order valence-corrected chi connectivity index (χ0v) is 7.24. The maximum absolute atomic E-state index is 2.29. The van der Waals surface area contributed by atoms with Crippen molar-refractivity contribution in [3.8, 4) is 0 Å². The smallest absolute Gasteiger partial charge is 0.153 e. The van der Waals surface area contributed by atoms with Crippen LogP contribution in [0.2, 0.25) is 17.5 Å². The first kappa shape index (κ1) is 9.34. The Labute approximate surface area is 41.8 Å². The van der Waals surface area contributed by atoms with Crippen LogP contribution >= 0.6 is 9.90 Å². The van der Waals surface area contributed by atoms with Crippen LogP contribution in [0.5, 0.6) is 0 Å².